The van der Waals surface area contributed by atoms with E-state index in [9.17, 15) is 4.39 Å². The number of ether oxygens (including phenoxy) is 1. The van der Waals surface area contributed by atoms with Gasteiger partial charge in [-0.3, -0.25) is 0 Å². The summed E-state index contributed by atoms with van der Waals surface area (Å²) in [7, 11) is 0. The number of imidazole rings is 1. The van der Waals surface area contributed by atoms with Gasteiger partial charge in [0.2, 0.25) is 5.82 Å². The van der Waals surface area contributed by atoms with Crippen molar-refractivity contribution in [2.75, 3.05) is 0 Å². The molecule has 0 radical (unpaired) electrons. The maximum absolute atomic E-state index is 13.1. The molecule has 0 aliphatic carbocycles. The molecule has 0 N–H and O–H groups in total. The predicted octanol–water partition coefficient (Wildman–Crippen LogP) is 4.66. The molecule has 140 valence electrons. The van der Waals surface area contributed by atoms with Crippen LogP contribution in [0.4, 0.5) is 4.39 Å². The van der Waals surface area contributed by atoms with Gasteiger partial charge in [-0.2, -0.15) is 4.98 Å². The monoisotopic (exact) mass is 396 g/mol. The van der Waals surface area contributed by atoms with E-state index in [-0.39, 0.29) is 11.9 Å². The van der Waals surface area contributed by atoms with E-state index >= 15 is 0 Å². The summed E-state index contributed by atoms with van der Waals surface area (Å²) in [5.41, 5.74) is 3.05. The second-order valence-corrected chi connectivity index (χ2v) is 6.85. The van der Waals surface area contributed by atoms with E-state index in [4.69, 9.17) is 20.9 Å². The van der Waals surface area contributed by atoms with Gasteiger partial charge in [-0.15, -0.1) is 0 Å². The van der Waals surface area contributed by atoms with E-state index in [1.165, 1.54) is 12.1 Å². The lowest BCUT2D eigenvalue weighted by molar-refractivity contribution is 0.00336. The number of hydrogen-bond acceptors (Lipinski definition) is 5. The zero-order valence-corrected chi connectivity index (χ0v) is 15.3. The van der Waals surface area contributed by atoms with Crippen LogP contribution in [0, 0.1) is 5.82 Å². The van der Waals surface area contributed by atoms with Gasteiger partial charge in [0, 0.05) is 16.1 Å². The zero-order valence-electron chi connectivity index (χ0n) is 14.5. The molecule has 0 amide bonds. The van der Waals surface area contributed by atoms with E-state index in [0.717, 1.165) is 11.3 Å². The highest BCUT2D eigenvalue weighted by molar-refractivity contribution is 6.31. The van der Waals surface area contributed by atoms with Crippen molar-refractivity contribution in [3.63, 3.8) is 0 Å². The molecule has 0 unspecified atom stereocenters. The first kappa shape index (κ1) is 17.1. The molecule has 8 heteroatoms. The number of halogens is 2. The number of aromatic nitrogens is 4. The van der Waals surface area contributed by atoms with Crippen LogP contribution in [-0.2, 0) is 17.9 Å². The third kappa shape index (κ3) is 2.98. The predicted molar refractivity (Wildman–Crippen MR) is 99.9 cm³/mol. The van der Waals surface area contributed by atoms with Gasteiger partial charge >= 0.3 is 0 Å². The van der Waals surface area contributed by atoms with Crippen molar-refractivity contribution < 1.29 is 13.7 Å². The molecular weight excluding hydrogens is 383 g/mol. The lowest BCUT2D eigenvalue weighted by Gasteiger charge is -2.26. The van der Waals surface area contributed by atoms with Crippen molar-refractivity contribution in [2.24, 2.45) is 0 Å². The molecule has 28 heavy (non-hydrogen) atoms. The Labute approximate surface area is 164 Å². The average molecular weight is 397 g/mol. The van der Waals surface area contributed by atoms with Crippen molar-refractivity contribution in [3.8, 4) is 23.0 Å². The highest BCUT2D eigenvalue weighted by Crippen LogP contribution is 2.34. The average Bonchev–Trinajstić information content (AvgIpc) is 3.35. The summed E-state index contributed by atoms with van der Waals surface area (Å²) in [6.07, 6.45) is 1.58. The van der Waals surface area contributed by atoms with E-state index in [1.807, 2.05) is 28.8 Å². The second kappa shape index (κ2) is 6.85. The Kier molecular flexibility index (Phi) is 4.18. The lowest BCUT2D eigenvalue weighted by atomic mass is 10.1. The van der Waals surface area contributed by atoms with Crippen LogP contribution in [0.5, 0.6) is 0 Å². The van der Waals surface area contributed by atoms with Gasteiger partial charge in [-0.1, -0.05) is 35.0 Å². The van der Waals surface area contributed by atoms with Crippen molar-refractivity contribution in [1.29, 1.82) is 0 Å². The summed E-state index contributed by atoms with van der Waals surface area (Å²) < 4.78 is 26.5. The van der Waals surface area contributed by atoms with Gasteiger partial charge in [-0.05, 0) is 30.3 Å². The molecule has 1 atom stereocenters. The Hall–Kier alpha value is -3.03. The molecule has 0 saturated carbocycles. The van der Waals surface area contributed by atoms with E-state index in [1.54, 1.807) is 18.5 Å². The zero-order chi connectivity index (χ0) is 19.1. The van der Waals surface area contributed by atoms with Crippen LogP contribution in [0.15, 0.2) is 59.4 Å². The van der Waals surface area contributed by atoms with Crippen LogP contribution in [0.2, 0.25) is 5.02 Å². The largest absolute Gasteiger partial charge is 0.365 e. The summed E-state index contributed by atoms with van der Waals surface area (Å²) in [6.45, 7) is 0.935. The van der Waals surface area contributed by atoms with Crippen molar-refractivity contribution >= 4 is 11.6 Å². The maximum Gasteiger partial charge on any atom is 0.278 e. The lowest BCUT2D eigenvalue weighted by Crippen LogP contribution is -2.20. The number of rotatable bonds is 3. The van der Waals surface area contributed by atoms with Crippen LogP contribution in [0.1, 0.15) is 17.4 Å². The third-order valence-electron chi connectivity index (χ3n) is 4.71. The second-order valence-electron chi connectivity index (χ2n) is 6.44. The summed E-state index contributed by atoms with van der Waals surface area (Å²) in [6, 6.07) is 13.6. The Morgan fingerprint density at radius 3 is 2.75 bits per heavy atom. The minimum absolute atomic E-state index is 0.152. The molecule has 1 aliphatic rings. The summed E-state index contributed by atoms with van der Waals surface area (Å²) in [4.78, 5) is 8.83. The fourth-order valence-corrected chi connectivity index (χ4v) is 3.52. The minimum atomic E-state index is -0.319. The van der Waals surface area contributed by atoms with Gasteiger partial charge < -0.3 is 13.8 Å². The number of hydrogen-bond donors (Lipinski definition) is 0. The normalized spacial score (nSPS) is 16.1. The van der Waals surface area contributed by atoms with Gasteiger partial charge in [0.05, 0.1) is 25.2 Å². The van der Waals surface area contributed by atoms with E-state index in [0.29, 0.717) is 41.1 Å². The molecule has 6 nitrogen and oxygen atoms in total. The summed E-state index contributed by atoms with van der Waals surface area (Å²) in [5.74, 6) is 0.358. The Morgan fingerprint density at radius 2 is 1.93 bits per heavy atom. The highest BCUT2D eigenvalue weighted by Gasteiger charge is 2.27. The van der Waals surface area contributed by atoms with Gasteiger partial charge in [-0.25, -0.2) is 9.37 Å². The first-order valence-corrected chi connectivity index (χ1v) is 9.07. The molecule has 3 heterocycles. The van der Waals surface area contributed by atoms with Crippen molar-refractivity contribution in [1.82, 2.24) is 19.7 Å². The molecule has 5 rings (SSSR count). The molecular formula is C20H14ClFN4O2. The Balaban J connectivity index is 1.43. The van der Waals surface area contributed by atoms with Crippen LogP contribution in [0.3, 0.4) is 0 Å². The number of benzene rings is 2. The van der Waals surface area contributed by atoms with Crippen molar-refractivity contribution in [2.45, 2.75) is 19.3 Å². The fraction of sp³-hybridized carbons (Fsp3) is 0.150. The standard InChI is InChI=1S/C20H14ClFN4O2/c21-15-4-2-1-3-14(15)17-9-26-11-23-18(16(26)10-27-17)20-24-19(25-28-20)12-5-7-13(22)8-6-12/h1-8,11,17H,9-10H2/t17-/m1/s1. The Morgan fingerprint density at radius 1 is 1.11 bits per heavy atom. The van der Waals surface area contributed by atoms with Gasteiger partial charge in [0.1, 0.15) is 11.9 Å². The topological polar surface area (TPSA) is 66.0 Å². The molecule has 0 bridgehead atoms. The molecule has 0 spiro atoms. The molecule has 2 aromatic heterocycles. The minimum Gasteiger partial charge on any atom is -0.365 e. The SMILES string of the molecule is Fc1ccc(-c2noc(-c3ncn4c3CO[C@@H](c3ccccc3Cl)C4)n2)cc1. The molecule has 0 saturated heterocycles. The van der Waals surface area contributed by atoms with E-state index < -0.39 is 0 Å². The van der Waals surface area contributed by atoms with Crippen LogP contribution >= 0.6 is 11.6 Å². The van der Waals surface area contributed by atoms with Crippen LogP contribution in [0.25, 0.3) is 23.0 Å². The maximum atomic E-state index is 13.1. The molecule has 2 aromatic carbocycles. The summed E-state index contributed by atoms with van der Waals surface area (Å²) >= 11 is 6.29. The molecule has 1 aliphatic heterocycles. The van der Waals surface area contributed by atoms with Gasteiger partial charge in [0.15, 0.2) is 5.69 Å². The van der Waals surface area contributed by atoms with Crippen LogP contribution in [-0.4, -0.2) is 19.7 Å². The molecule has 0 fully saturated rings. The number of fused-ring (bicyclic) bond motifs is 1. The highest BCUT2D eigenvalue weighted by atomic mass is 35.5. The Bertz CT molecular complexity index is 1140. The summed E-state index contributed by atoms with van der Waals surface area (Å²) in [5, 5.41) is 4.66. The first-order chi connectivity index (χ1) is 13.7. The van der Waals surface area contributed by atoms with Gasteiger partial charge in [0.25, 0.3) is 5.89 Å². The van der Waals surface area contributed by atoms with E-state index in [2.05, 4.69) is 15.1 Å². The fourth-order valence-electron chi connectivity index (χ4n) is 3.27. The van der Waals surface area contributed by atoms with Crippen LogP contribution < -0.4 is 0 Å². The number of nitrogens with zero attached hydrogens (tertiary/aromatic N) is 4. The third-order valence-corrected chi connectivity index (χ3v) is 5.06. The first-order valence-electron chi connectivity index (χ1n) is 8.69. The smallest absolute Gasteiger partial charge is 0.278 e. The quantitative estimate of drug-likeness (QED) is 0.503. The van der Waals surface area contributed by atoms with Crippen molar-refractivity contribution in [3.05, 3.63) is 77.0 Å². The molecule has 4 aromatic rings.